The summed E-state index contributed by atoms with van der Waals surface area (Å²) in [6.45, 7) is 0. The summed E-state index contributed by atoms with van der Waals surface area (Å²) in [4.78, 5) is 4.73. The Morgan fingerprint density at radius 3 is 2.05 bits per heavy atom. The van der Waals surface area contributed by atoms with E-state index in [1.54, 1.807) is 0 Å². The lowest BCUT2D eigenvalue weighted by Gasteiger charge is -2.11. The molecule has 9 aromatic rings. The standard InChI is InChI=1S/C38H25N5O/c1-2-11-29(12-3-1)44-30-13-8-10-27(22-30)42-35-17-6-4-14-31(35)33-20-19-26(23-37(33)42)41-25-28(24-40-41)43-36-18-7-5-15-32(36)34-16-9-21-39-38(34)43/h1-25H. The molecule has 0 unspecified atom stereocenters. The van der Waals surface area contributed by atoms with Crippen molar-refractivity contribution in [2.24, 2.45) is 0 Å². The van der Waals surface area contributed by atoms with Crippen LogP contribution in [0.2, 0.25) is 0 Å². The van der Waals surface area contributed by atoms with Crippen LogP contribution in [0.1, 0.15) is 0 Å². The smallest absolute Gasteiger partial charge is 0.145 e. The van der Waals surface area contributed by atoms with Crippen molar-refractivity contribution in [3.63, 3.8) is 0 Å². The number of pyridine rings is 1. The molecule has 4 aromatic heterocycles. The van der Waals surface area contributed by atoms with Crippen LogP contribution in [-0.4, -0.2) is 23.9 Å². The van der Waals surface area contributed by atoms with Crippen LogP contribution in [0.15, 0.2) is 152 Å². The predicted molar refractivity (Wildman–Crippen MR) is 177 cm³/mol. The van der Waals surface area contributed by atoms with Gasteiger partial charge in [0.2, 0.25) is 0 Å². The highest BCUT2D eigenvalue weighted by Gasteiger charge is 2.16. The average Bonchev–Trinajstić information content (AvgIpc) is 3.78. The van der Waals surface area contributed by atoms with Gasteiger partial charge in [-0.1, -0.05) is 66.7 Å². The van der Waals surface area contributed by atoms with Gasteiger partial charge in [0.05, 0.1) is 40.3 Å². The quantitative estimate of drug-likeness (QED) is 0.208. The number of rotatable bonds is 5. The molecule has 5 aromatic carbocycles. The molecule has 0 aliphatic rings. The molecule has 0 saturated carbocycles. The Morgan fingerprint density at radius 2 is 1.18 bits per heavy atom. The molecule has 6 nitrogen and oxygen atoms in total. The molecule has 0 amide bonds. The van der Waals surface area contributed by atoms with Gasteiger partial charge in [0.15, 0.2) is 0 Å². The van der Waals surface area contributed by atoms with Crippen molar-refractivity contribution in [1.82, 2.24) is 23.9 Å². The number of fused-ring (bicyclic) bond motifs is 6. The molecule has 0 fully saturated rings. The lowest BCUT2D eigenvalue weighted by molar-refractivity contribution is 0.482. The Bertz CT molecular complexity index is 2430. The van der Waals surface area contributed by atoms with Crippen molar-refractivity contribution in [1.29, 1.82) is 0 Å². The Balaban J connectivity index is 1.19. The SMILES string of the molecule is c1ccc(Oc2cccc(-n3c4ccccc4c4ccc(-n5cc(-n6c7ccccc7c7cccnc76)cn5)cc43)c2)cc1. The summed E-state index contributed by atoms with van der Waals surface area (Å²) in [7, 11) is 0. The summed E-state index contributed by atoms with van der Waals surface area (Å²) >= 11 is 0. The fourth-order valence-electron chi connectivity index (χ4n) is 6.32. The van der Waals surface area contributed by atoms with Gasteiger partial charge in [0, 0.05) is 39.5 Å². The normalized spacial score (nSPS) is 11.6. The number of benzene rings is 5. The molecule has 0 bridgehead atoms. The summed E-state index contributed by atoms with van der Waals surface area (Å²) in [6.07, 6.45) is 5.82. The molecular formula is C38H25N5O. The van der Waals surface area contributed by atoms with Crippen molar-refractivity contribution in [2.75, 3.05) is 0 Å². The zero-order valence-corrected chi connectivity index (χ0v) is 23.6. The minimum atomic E-state index is 0.785. The third-order valence-electron chi connectivity index (χ3n) is 8.24. The van der Waals surface area contributed by atoms with Crippen LogP contribution < -0.4 is 4.74 Å². The molecule has 9 rings (SSSR count). The summed E-state index contributed by atoms with van der Waals surface area (Å²) < 4.78 is 12.6. The maximum atomic E-state index is 6.20. The lowest BCUT2D eigenvalue weighted by atomic mass is 10.1. The van der Waals surface area contributed by atoms with Crippen molar-refractivity contribution >= 4 is 43.7 Å². The van der Waals surface area contributed by atoms with E-state index in [4.69, 9.17) is 14.8 Å². The van der Waals surface area contributed by atoms with Crippen molar-refractivity contribution in [2.45, 2.75) is 0 Å². The van der Waals surface area contributed by atoms with E-state index in [2.05, 4.69) is 100 Å². The van der Waals surface area contributed by atoms with Gasteiger partial charge in [-0.25, -0.2) is 9.67 Å². The highest BCUT2D eigenvalue weighted by atomic mass is 16.5. The number of ether oxygens (including phenoxy) is 1. The van der Waals surface area contributed by atoms with E-state index in [-0.39, 0.29) is 0 Å². The van der Waals surface area contributed by atoms with Gasteiger partial charge < -0.3 is 9.30 Å². The fourth-order valence-corrected chi connectivity index (χ4v) is 6.32. The molecule has 44 heavy (non-hydrogen) atoms. The van der Waals surface area contributed by atoms with Crippen molar-refractivity contribution < 1.29 is 4.74 Å². The van der Waals surface area contributed by atoms with Gasteiger partial charge in [-0.05, 0) is 60.7 Å². The van der Waals surface area contributed by atoms with Gasteiger partial charge >= 0.3 is 0 Å². The Hall–Kier alpha value is -6.14. The maximum Gasteiger partial charge on any atom is 0.145 e. The van der Waals surface area contributed by atoms with Gasteiger partial charge in [-0.2, -0.15) is 5.10 Å². The van der Waals surface area contributed by atoms with Crippen LogP contribution in [0.5, 0.6) is 11.5 Å². The van der Waals surface area contributed by atoms with Crippen molar-refractivity contribution in [3.8, 4) is 28.6 Å². The zero-order chi connectivity index (χ0) is 29.0. The second-order valence-electron chi connectivity index (χ2n) is 10.8. The zero-order valence-electron chi connectivity index (χ0n) is 23.6. The van der Waals surface area contributed by atoms with Crippen LogP contribution in [-0.2, 0) is 0 Å². The van der Waals surface area contributed by atoms with E-state index in [0.29, 0.717) is 0 Å². The second kappa shape index (κ2) is 9.71. The summed E-state index contributed by atoms with van der Waals surface area (Å²) in [5.41, 5.74) is 7.21. The first-order valence-corrected chi connectivity index (χ1v) is 14.6. The molecule has 0 aliphatic heterocycles. The number of nitrogens with zero attached hydrogens (tertiary/aromatic N) is 5. The van der Waals surface area contributed by atoms with Crippen LogP contribution in [0, 0.1) is 0 Å². The highest BCUT2D eigenvalue weighted by molar-refractivity contribution is 6.10. The van der Waals surface area contributed by atoms with Gasteiger partial charge in [0.25, 0.3) is 0 Å². The first kappa shape index (κ1) is 24.5. The summed E-state index contributed by atoms with van der Waals surface area (Å²) in [5.74, 6) is 1.59. The average molecular weight is 568 g/mol. The van der Waals surface area contributed by atoms with E-state index in [0.717, 1.165) is 56.1 Å². The Morgan fingerprint density at radius 1 is 0.477 bits per heavy atom. The largest absolute Gasteiger partial charge is 0.457 e. The molecule has 0 aliphatic carbocycles. The number of para-hydroxylation sites is 3. The topological polar surface area (TPSA) is 49.8 Å². The fraction of sp³-hybridized carbons (Fsp3) is 0. The number of aromatic nitrogens is 5. The third-order valence-corrected chi connectivity index (χ3v) is 8.24. The molecule has 6 heteroatoms. The molecule has 0 spiro atoms. The van der Waals surface area contributed by atoms with E-state index in [9.17, 15) is 0 Å². The minimum Gasteiger partial charge on any atom is -0.457 e. The van der Waals surface area contributed by atoms with E-state index < -0.39 is 0 Å². The summed E-state index contributed by atoms with van der Waals surface area (Å²) in [5, 5.41) is 9.49. The molecule has 208 valence electrons. The number of hydrogen-bond acceptors (Lipinski definition) is 3. The van der Waals surface area contributed by atoms with Gasteiger partial charge in [-0.15, -0.1) is 0 Å². The maximum absolute atomic E-state index is 6.20. The van der Waals surface area contributed by atoms with Crippen LogP contribution in [0.3, 0.4) is 0 Å². The molecule has 4 heterocycles. The van der Waals surface area contributed by atoms with Gasteiger partial charge in [-0.3, -0.25) is 4.57 Å². The van der Waals surface area contributed by atoms with Gasteiger partial charge in [0.1, 0.15) is 17.1 Å². The van der Waals surface area contributed by atoms with E-state index in [1.807, 2.05) is 65.6 Å². The molecular weight excluding hydrogens is 542 g/mol. The Labute approximate surface area is 252 Å². The number of hydrogen-bond donors (Lipinski definition) is 0. The second-order valence-corrected chi connectivity index (χ2v) is 10.8. The monoisotopic (exact) mass is 567 g/mol. The van der Waals surface area contributed by atoms with Crippen LogP contribution in [0.25, 0.3) is 60.8 Å². The first-order chi connectivity index (χ1) is 21.8. The van der Waals surface area contributed by atoms with Crippen LogP contribution >= 0.6 is 0 Å². The van der Waals surface area contributed by atoms with E-state index in [1.165, 1.54) is 16.2 Å². The molecule has 0 N–H and O–H groups in total. The highest BCUT2D eigenvalue weighted by Crippen LogP contribution is 2.35. The molecule has 0 atom stereocenters. The van der Waals surface area contributed by atoms with E-state index >= 15 is 0 Å². The summed E-state index contributed by atoms with van der Waals surface area (Å²) in [6, 6.07) is 45.7. The van der Waals surface area contributed by atoms with Crippen molar-refractivity contribution in [3.05, 3.63) is 152 Å². The first-order valence-electron chi connectivity index (χ1n) is 14.6. The third kappa shape index (κ3) is 3.82. The molecule has 0 radical (unpaired) electrons. The lowest BCUT2D eigenvalue weighted by Crippen LogP contribution is -1.98. The molecule has 0 saturated heterocycles. The predicted octanol–water partition coefficient (Wildman–Crippen LogP) is 9.25. The van der Waals surface area contributed by atoms with Crippen LogP contribution in [0.4, 0.5) is 0 Å². The minimum absolute atomic E-state index is 0.785. The Kier molecular flexibility index (Phi) is 5.40.